The molecule has 1 aliphatic rings. The number of carbonyl (C=O) groups excluding carboxylic acids is 1. The van der Waals surface area contributed by atoms with Crippen LogP contribution in [0.15, 0.2) is 28.7 Å². The smallest absolute Gasteiger partial charge is 0.231 e. The van der Waals surface area contributed by atoms with Crippen LogP contribution in [0.2, 0.25) is 0 Å². The lowest BCUT2D eigenvalue weighted by molar-refractivity contribution is -0.115. The first-order valence-electron chi connectivity index (χ1n) is 7.78. The second kappa shape index (κ2) is 7.23. The van der Waals surface area contributed by atoms with E-state index in [1.54, 1.807) is 4.68 Å². The van der Waals surface area contributed by atoms with Gasteiger partial charge >= 0.3 is 0 Å². The minimum absolute atomic E-state index is 0.0875. The number of benzene rings is 1. The number of carbonyl (C=O) groups is 1. The number of anilines is 1. The van der Waals surface area contributed by atoms with Crippen molar-refractivity contribution in [3.8, 4) is 0 Å². The van der Waals surface area contributed by atoms with E-state index in [1.165, 1.54) is 0 Å². The number of piperidine rings is 1. The normalized spacial score (nSPS) is 15.6. The molecule has 0 aliphatic carbocycles. The summed E-state index contributed by atoms with van der Waals surface area (Å²) in [7, 11) is 1.81. The summed E-state index contributed by atoms with van der Waals surface area (Å²) in [5.41, 5.74) is 0.956. The molecule has 1 aromatic carbocycles. The molecule has 122 valence electrons. The van der Waals surface area contributed by atoms with Gasteiger partial charge in [0, 0.05) is 17.4 Å². The first-order valence-corrected chi connectivity index (χ1v) is 8.57. The summed E-state index contributed by atoms with van der Waals surface area (Å²) >= 11 is 3.41. The molecule has 0 spiro atoms. The summed E-state index contributed by atoms with van der Waals surface area (Å²) in [5.74, 6) is 1.62. The maximum Gasteiger partial charge on any atom is 0.231 e. The van der Waals surface area contributed by atoms with Crippen LogP contribution in [0.25, 0.3) is 0 Å². The van der Waals surface area contributed by atoms with Crippen LogP contribution in [0.5, 0.6) is 0 Å². The summed E-state index contributed by atoms with van der Waals surface area (Å²) in [6, 6.07) is 7.73. The summed E-state index contributed by atoms with van der Waals surface area (Å²) < 4.78 is 2.62. The number of amides is 1. The number of hydrogen-bond acceptors (Lipinski definition) is 4. The molecule has 7 heteroatoms. The van der Waals surface area contributed by atoms with Gasteiger partial charge in [0.25, 0.3) is 0 Å². The Morgan fingerprint density at radius 2 is 2.22 bits per heavy atom. The molecule has 6 nitrogen and oxygen atoms in total. The Bertz CT molecular complexity index is 694. The third kappa shape index (κ3) is 4.17. The Morgan fingerprint density at radius 1 is 1.43 bits per heavy atom. The molecule has 0 saturated carbocycles. The summed E-state index contributed by atoms with van der Waals surface area (Å²) in [4.78, 5) is 16.7. The Kier molecular flexibility index (Phi) is 5.07. The topological polar surface area (TPSA) is 71.8 Å². The van der Waals surface area contributed by atoms with Crippen LogP contribution < -0.4 is 10.6 Å². The number of aryl methyl sites for hydroxylation is 1. The second-order valence-corrected chi connectivity index (χ2v) is 6.71. The van der Waals surface area contributed by atoms with Gasteiger partial charge in [-0.1, -0.05) is 28.1 Å². The van der Waals surface area contributed by atoms with Crippen LogP contribution in [0.3, 0.4) is 0 Å². The van der Waals surface area contributed by atoms with Gasteiger partial charge in [-0.25, -0.2) is 4.68 Å². The summed E-state index contributed by atoms with van der Waals surface area (Å²) in [6.45, 7) is 1.99. The maximum atomic E-state index is 12.2. The molecule has 1 aliphatic heterocycles. The lowest BCUT2D eigenvalue weighted by atomic mass is 9.98. The lowest BCUT2D eigenvalue weighted by Crippen LogP contribution is -2.27. The van der Waals surface area contributed by atoms with Gasteiger partial charge in [0.1, 0.15) is 0 Å². The Balaban J connectivity index is 1.65. The molecule has 0 atom stereocenters. The van der Waals surface area contributed by atoms with Crippen molar-refractivity contribution in [2.45, 2.75) is 25.2 Å². The average Bonchev–Trinajstić information content (AvgIpc) is 2.89. The van der Waals surface area contributed by atoms with Gasteiger partial charge in [0.2, 0.25) is 11.9 Å². The highest BCUT2D eigenvalue weighted by atomic mass is 79.9. The second-order valence-electron chi connectivity index (χ2n) is 5.80. The van der Waals surface area contributed by atoms with Crippen molar-refractivity contribution < 1.29 is 4.79 Å². The first-order chi connectivity index (χ1) is 11.1. The number of nitrogens with one attached hydrogen (secondary N) is 2. The van der Waals surface area contributed by atoms with E-state index in [4.69, 9.17) is 0 Å². The van der Waals surface area contributed by atoms with Crippen molar-refractivity contribution in [2.75, 3.05) is 18.4 Å². The quantitative estimate of drug-likeness (QED) is 0.856. The Hall–Kier alpha value is -1.73. The van der Waals surface area contributed by atoms with Crippen molar-refractivity contribution in [2.24, 2.45) is 7.05 Å². The molecule has 0 radical (unpaired) electrons. The zero-order valence-corrected chi connectivity index (χ0v) is 14.6. The third-order valence-electron chi connectivity index (χ3n) is 3.99. The SMILES string of the molecule is Cn1nc(C2CCNCC2)nc1NC(=O)Cc1cccc(Br)c1. The van der Waals surface area contributed by atoms with E-state index in [9.17, 15) is 4.79 Å². The van der Waals surface area contributed by atoms with E-state index in [-0.39, 0.29) is 5.91 Å². The number of rotatable bonds is 4. The van der Waals surface area contributed by atoms with E-state index in [1.807, 2.05) is 31.3 Å². The molecule has 2 aromatic rings. The predicted molar refractivity (Wildman–Crippen MR) is 92.3 cm³/mol. The zero-order valence-electron chi connectivity index (χ0n) is 13.1. The maximum absolute atomic E-state index is 12.2. The molecule has 3 rings (SSSR count). The summed E-state index contributed by atoms with van der Waals surface area (Å²) in [6.07, 6.45) is 2.39. The number of hydrogen-bond donors (Lipinski definition) is 2. The molecule has 1 aromatic heterocycles. The molecule has 23 heavy (non-hydrogen) atoms. The van der Waals surface area contributed by atoms with Gasteiger partial charge in [-0.2, -0.15) is 10.1 Å². The van der Waals surface area contributed by atoms with Gasteiger partial charge in [0.05, 0.1) is 6.42 Å². The van der Waals surface area contributed by atoms with Crippen molar-refractivity contribution in [3.63, 3.8) is 0 Å². The highest BCUT2D eigenvalue weighted by Crippen LogP contribution is 2.23. The van der Waals surface area contributed by atoms with Gasteiger partial charge in [0.15, 0.2) is 5.82 Å². The van der Waals surface area contributed by atoms with Gasteiger partial charge < -0.3 is 5.32 Å². The van der Waals surface area contributed by atoms with Crippen molar-refractivity contribution in [3.05, 3.63) is 40.1 Å². The van der Waals surface area contributed by atoms with Crippen LogP contribution in [0, 0.1) is 0 Å². The van der Waals surface area contributed by atoms with Crippen LogP contribution >= 0.6 is 15.9 Å². The fourth-order valence-electron chi connectivity index (χ4n) is 2.77. The molecule has 0 unspecified atom stereocenters. The van der Waals surface area contributed by atoms with Crippen molar-refractivity contribution in [1.82, 2.24) is 20.1 Å². The van der Waals surface area contributed by atoms with Crippen LogP contribution in [0.4, 0.5) is 5.95 Å². The molecule has 1 fully saturated rings. The Morgan fingerprint density at radius 3 is 2.96 bits per heavy atom. The van der Waals surface area contributed by atoms with Crippen molar-refractivity contribution in [1.29, 1.82) is 0 Å². The molecule has 1 amide bonds. The Labute approximate surface area is 143 Å². The minimum Gasteiger partial charge on any atom is -0.317 e. The minimum atomic E-state index is -0.0875. The zero-order chi connectivity index (χ0) is 16.2. The van der Waals surface area contributed by atoms with E-state index in [0.717, 1.165) is 41.8 Å². The highest BCUT2D eigenvalue weighted by molar-refractivity contribution is 9.10. The monoisotopic (exact) mass is 377 g/mol. The highest BCUT2D eigenvalue weighted by Gasteiger charge is 2.21. The van der Waals surface area contributed by atoms with Crippen LogP contribution in [-0.2, 0) is 18.3 Å². The number of nitrogens with zero attached hydrogens (tertiary/aromatic N) is 3. The van der Waals surface area contributed by atoms with Gasteiger partial charge in [-0.15, -0.1) is 0 Å². The van der Waals surface area contributed by atoms with Gasteiger partial charge in [-0.3, -0.25) is 10.1 Å². The number of halogens is 1. The van der Waals surface area contributed by atoms with E-state index in [2.05, 4.69) is 36.6 Å². The molecular weight excluding hydrogens is 358 g/mol. The molecule has 2 heterocycles. The lowest BCUT2D eigenvalue weighted by Gasteiger charge is -2.19. The number of aromatic nitrogens is 3. The molecular formula is C16H20BrN5O. The first kappa shape index (κ1) is 16.1. The fourth-order valence-corrected chi connectivity index (χ4v) is 3.21. The standard InChI is InChI=1S/C16H20BrN5O/c1-22-16(20-15(21-22)12-5-7-18-8-6-12)19-14(23)10-11-3-2-4-13(17)9-11/h2-4,9,12,18H,5-8,10H2,1H3,(H,19,20,21,23). The third-order valence-corrected chi connectivity index (χ3v) is 4.48. The molecule has 0 bridgehead atoms. The largest absolute Gasteiger partial charge is 0.317 e. The van der Waals surface area contributed by atoms with Gasteiger partial charge in [-0.05, 0) is 43.6 Å². The summed E-state index contributed by atoms with van der Waals surface area (Å²) in [5, 5.41) is 10.7. The van der Waals surface area contributed by atoms with Crippen LogP contribution in [-0.4, -0.2) is 33.8 Å². The van der Waals surface area contributed by atoms with E-state index >= 15 is 0 Å². The molecule has 2 N–H and O–H groups in total. The average molecular weight is 378 g/mol. The van der Waals surface area contributed by atoms with Crippen LogP contribution in [0.1, 0.15) is 30.1 Å². The predicted octanol–water partition coefficient (Wildman–Crippen LogP) is 2.23. The van der Waals surface area contributed by atoms with E-state index in [0.29, 0.717) is 18.3 Å². The molecule has 1 saturated heterocycles. The van der Waals surface area contributed by atoms with E-state index < -0.39 is 0 Å². The van der Waals surface area contributed by atoms with Crippen molar-refractivity contribution >= 4 is 27.8 Å². The fraction of sp³-hybridized carbons (Fsp3) is 0.438.